The maximum atomic E-state index is 13.0. The molecule has 2 aliphatic heterocycles. The summed E-state index contributed by atoms with van der Waals surface area (Å²) in [5, 5.41) is 2.21. The number of piperazine rings is 1. The number of rotatable bonds is 4. The molecule has 2 saturated heterocycles. The standard InChI is InChI=1S/C20H27N3O5/c1-27-16-5-3-14(4-6-16)19(25)23-12-11-22(13-17(23)20(26)28-2)18(24)15-7-9-21-10-8-15/h3-6,15,17,21H,7-13H2,1-2H3/p+1/t17-/m0/s1. The maximum Gasteiger partial charge on any atom is 0.330 e. The Kier molecular flexibility index (Phi) is 6.51. The van der Waals surface area contributed by atoms with Crippen molar-refractivity contribution in [2.45, 2.75) is 18.9 Å². The smallest absolute Gasteiger partial charge is 0.330 e. The van der Waals surface area contributed by atoms with Crippen LogP contribution in [0, 0.1) is 5.92 Å². The SMILES string of the molecule is COC(=O)[C@@H]1CN(C(=O)C2CC[NH2+]CC2)CCN1C(=O)c1ccc(OC)cc1. The van der Waals surface area contributed by atoms with Gasteiger partial charge in [0, 0.05) is 37.4 Å². The van der Waals surface area contributed by atoms with E-state index in [4.69, 9.17) is 9.47 Å². The van der Waals surface area contributed by atoms with Crippen LogP contribution in [-0.2, 0) is 14.3 Å². The molecule has 2 N–H and O–H groups in total. The average Bonchev–Trinajstić information content (AvgIpc) is 2.77. The van der Waals surface area contributed by atoms with Crippen LogP contribution in [0.1, 0.15) is 23.2 Å². The summed E-state index contributed by atoms with van der Waals surface area (Å²) in [5.41, 5.74) is 0.470. The first-order valence-electron chi connectivity index (χ1n) is 9.68. The third-order valence-corrected chi connectivity index (χ3v) is 5.55. The summed E-state index contributed by atoms with van der Waals surface area (Å²) in [5.74, 6) is -0.0133. The Morgan fingerprint density at radius 2 is 1.71 bits per heavy atom. The van der Waals surface area contributed by atoms with E-state index in [0.29, 0.717) is 24.4 Å². The Morgan fingerprint density at radius 3 is 2.32 bits per heavy atom. The number of benzene rings is 1. The molecule has 0 aromatic heterocycles. The zero-order valence-corrected chi connectivity index (χ0v) is 16.4. The molecule has 0 bridgehead atoms. The van der Waals surface area contributed by atoms with Crippen LogP contribution in [-0.4, -0.2) is 80.6 Å². The number of ether oxygens (including phenoxy) is 2. The van der Waals surface area contributed by atoms with Gasteiger partial charge in [0.15, 0.2) is 0 Å². The van der Waals surface area contributed by atoms with E-state index < -0.39 is 12.0 Å². The van der Waals surface area contributed by atoms with Crippen LogP contribution in [0.4, 0.5) is 0 Å². The van der Waals surface area contributed by atoms with E-state index in [1.165, 1.54) is 12.0 Å². The van der Waals surface area contributed by atoms with Crippen molar-refractivity contribution in [3.63, 3.8) is 0 Å². The predicted octanol–water partition coefficient (Wildman–Crippen LogP) is -0.505. The number of nitrogens with zero attached hydrogens (tertiary/aromatic N) is 2. The number of carbonyl (C=O) groups excluding carboxylic acids is 3. The molecule has 28 heavy (non-hydrogen) atoms. The summed E-state index contributed by atoms with van der Waals surface area (Å²) in [6, 6.07) is 5.96. The van der Waals surface area contributed by atoms with Gasteiger partial charge in [-0.25, -0.2) is 4.79 Å². The van der Waals surface area contributed by atoms with Crippen LogP contribution in [0.5, 0.6) is 5.75 Å². The Labute approximate surface area is 164 Å². The summed E-state index contributed by atoms with van der Waals surface area (Å²) in [6.07, 6.45) is 1.71. The van der Waals surface area contributed by atoms with Gasteiger partial charge in [-0.1, -0.05) is 0 Å². The molecule has 8 nitrogen and oxygen atoms in total. The Hall–Kier alpha value is -2.61. The highest BCUT2D eigenvalue weighted by Gasteiger charge is 2.39. The van der Waals surface area contributed by atoms with Crippen molar-refractivity contribution in [3.8, 4) is 5.75 Å². The summed E-state index contributed by atoms with van der Waals surface area (Å²) in [4.78, 5) is 41.4. The minimum atomic E-state index is -0.799. The number of quaternary nitrogens is 1. The number of nitrogens with two attached hydrogens (primary N) is 1. The second-order valence-electron chi connectivity index (χ2n) is 7.19. The predicted molar refractivity (Wildman–Crippen MR) is 101 cm³/mol. The topological polar surface area (TPSA) is 92.8 Å². The average molecular weight is 390 g/mol. The van der Waals surface area contributed by atoms with E-state index in [2.05, 4.69) is 5.32 Å². The zero-order valence-electron chi connectivity index (χ0n) is 16.4. The summed E-state index contributed by atoms with van der Waals surface area (Å²) >= 11 is 0. The molecule has 0 saturated carbocycles. The van der Waals surface area contributed by atoms with E-state index in [0.717, 1.165) is 25.9 Å². The molecular weight excluding hydrogens is 362 g/mol. The molecule has 0 unspecified atom stereocenters. The summed E-state index contributed by atoms with van der Waals surface area (Å²) in [6.45, 7) is 2.80. The molecule has 2 amide bonds. The lowest BCUT2D eigenvalue weighted by Crippen LogP contribution is -2.86. The molecule has 0 radical (unpaired) electrons. The minimum Gasteiger partial charge on any atom is -0.497 e. The number of amides is 2. The normalized spacial score (nSPS) is 20.6. The lowest BCUT2D eigenvalue weighted by molar-refractivity contribution is -0.664. The fraction of sp³-hybridized carbons (Fsp3) is 0.550. The van der Waals surface area contributed by atoms with Crippen LogP contribution < -0.4 is 10.1 Å². The molecule has 2 heterocycles. The van der Waals surface area contributed by atoms with Gasteiger partial charge in [-0.2, -0.15) is 0 Å². The van der Waals surface area contributed by atoms with Crippen molar-refractivity contribution in [1.29, 1.82) is 0 Å². The van der Waals surface area contributed by atoms with Crippen molar-refractivity contribution < 1.29 is 29.2 Å². The molecule has 3 rings (SSSR count). The summed E-state index contributed by atoms with van der Waals surface area (Å²) < 4.78 is 10.0. The van der Waals surface area contributed by atoms with Gasteiger partial charge in [0.2, 0.25) is 5.91 Å². The number of piperidine rings is 1. The third-order valence-electron chi connectivity index (χ3n) is 5.55. The van der Waals surface area contributed by atoms with Gasteiger partial charge in [-0.05, 0) is 24.3 Å². The monoisotopic (exact) mass is 390 g/mol. The van der Waals surface area contributed by atoms with Crippen molar-refractivity contribution in [2.75, 3.05) is 46.9 Å². The first kappa shape index (κ1) is 20.1. The molecule has 2 aliphatic rings. The van der Waals surface area contributed by atoms with Gasteiger partial charge < -0.3 is 24.6 Å². The highest BCUT2D eigenvalue weighted by atomic mass is 16.5. The van der Waals surface area contributed by atoms with Crippen molar-refractivity contribution in [1.82, 2.24) is 9.80 Å². The van der Waals surface area contributed by atoms with Crippen LogP contribution in [0.25, 0.3) is 0 Å². The Morgan fingerprint density at radius 1 is 1.04 bits per heavy atom. The molecule has 1 atom stereocenters. The molecule has 2 fully saturated rings. The molecule has 1 aromatic carbocycles. The molecule has 0 aliphatic carbocycles. The first-order valence-corrected chi connectivity index (χ1v) is 9.68. The largest absolute Gasteiger partial charge is 0.497 e. The van der Waals surface area contributed by atoms with Crippen LogP contribution in [0.2, 0.25) is 0 Å². The number of methoxy groups -OCH3 is 2. The fourth-order valence-corrected chi connectivity index (χ4v) is 3.90. The fourth-order valence-electron chi connectivity index (χ4n) is 3.90. The number of hydrogen-bond acceptors (Lipinski definition) is 5. The Balaban J connectivity index is 1.74. The third kappa shape index (κ3) is 4.27. The van der Waals surface area contributed by atoms with Gasteiger partial charge in [-0.3, -0.25) is 9.59 Å². The van der Waals surface area contributed by atoms with E-state index in [1.54, 1.807) is 36.3 Å². The lowest BCUT2D eigenvalue weighted by Gasteiger charge is -2.41. The van der Waals surface area contributed by atoms with E-state index in [-0.39, 0.29) is 24.3 Å². The zero-order chi connectivity index (χ0) is 20.1. The second-order valence-corrected chi connectivity index (χ2v) is 7.19. The van der Waals surface area contributed by atoms with E-state index >= 15 is 0 Å². The van der Waals surface area contributed by atoms with Gasteiger partial charge in [0.05, 0.1) is 33.9 Å². The van der Waals surface area contributed by atoms with E-state index in [1.807, 2.05) is 0 Å². The molecule has 1 aromatic rings. The molecule has 8 heteroatoms. The highest BCUT2D eigenvalue weighted by molar-refractivity contribution is 5.97. The van der Waals surface area contributed by atoms with Crippen LogP contribution in [0.15, 0.2) is 24.3 Å². The van der Waals surface area contributed by atoms with Gasteiger partial charge >= 0.3 is 5.97 Å². The highest BCUT2D eigenvalue weighted by Crippen LogP contribution is 2.21. The van der Waals surface area contributed by atoms with Gasteiger partial charge in [-0.15, -0.1) is 0 Å². The number of esters is 1. The lowest BCUT2D eigenvalue weighted by atomic mass is 9.95. The quantitative estimate of drug-likeness (QED) is 0.700. The molecule has 152 valence electrons. The van der Waals surface area contributed by atoms with Crippen LogP contribution in [0.3, 0.4) is 0 Å². The maximum absolute atomic E-state index is 13.0. The van der Waals surface area contributed by atoms with Gasteiger partial charge in [0.1, 0.15) is 11.8 Å². The van der Waals surface area contributed by atoms with E-state index in [9.17, 15) is 14.4 Å². The van der Waals surface area contributed by atoms with Crippen molar-refractivity contribution >= 4 is 17.8 Å². The van der Waals surface area contributed by atoms with Crippen molar-refractivity contribution in [3.05, 3.63) is 29.8 Å². The summed E-state index contributed by atoms with van der Waals surface area (Å²) in [7, 11) is 2.86. The Bertz CT molecular complexity index is 715. The van der Waals surface area contributed by atoms with Crippen LogP contribution >= 0.6 is 0 Å². The van der Waals surface area contributed by atoms with Crippen molar-refractivity contribution in [2.24, 2.45) is 5.92 Å². The molecular formula is C20H28N3O5+. The molecule has 0 spiro atoms. The van der Waals surface area contributed by atoms with Gasteiger partial charge in [0.25, 0.3) is 5.91 Å². The number of carbonyl (C=O) groups is 3. The second kappa shape index (κ2) is 9.05. The number of hydrogen-bond donors (Lipinski definition) is 1. The first-order chi connectivity index (χ1) is 13.5. The minimum absolute atomic E-state index is 0.00661.